The van der Waals surface area contributed by atoms with E-state index in [-0.39, 0.29) is 38.4 Å². The summed E-state index contributed by atoms with van der Waals surface area (Å²) < 4.78 is 30.8. The molecule has 1 fully saturated rings. The molecule has 2 atom stereocenters. The van der Waals surface area contributed by atoms with Crippen LogP contribution in [0.5, 0.6) is 0 Å². The van der Waals surface area contributed by atoms with E-state index in [1.54, 1.807) is 13.8 Å². The van der Waals surface area contributed by atoms with Gasteiger partial charge in [0.15, 0.2) is 5.60 Å². The Labute approximate surface area is 282 Å². The van der Waals surface area contributed by atoms with Gasteiger partial charge in [-0.25, -0.2) is 9.59 Å². The number of hydrogen-bond donors (Lipinski definition) is 3. The predicted molar refractivity (Wildman–Crippen MR) is 182 cm³/mol. The van der Waals surface area contributed by atoms with Crippen LogP contribution in [0.15, 0.2) is 91.0 Å². The summed E-state index contributed by atoms with van der Waals surface area (Å²) >= 11 is 0. The van der Waals surface area contributed by atoms with Crippen molar-refractivity contribution in [3.63, 3.8) is 0 Å². The van der Waals surface area contributed by atoms with E-state index in [9.17, 15) is 23.8 Å². The molecule has 1 aliphatic heterocycles. The maximum absolute atomic E-state index is 13.9. The number of ether oxygens (including phenoxy) is 2. The minimum Gasteiger partial charge on any atom is -0.459 e. The van der Waals surface area contributed by atoms with Crippen molar-refractivity contribution < 1.29 is 37.8 Å². The summed E-state index contributed by atoms with van der Waals surface area (Å²) in [5.74, 6) is -2.82. The Bertz CT molecular complexity index is 1500. The first-order valence-electron chi connectivity index (χ1n) is 16.3. The van der Waals surface area contributed by atoms with Crippen molar-refractivity contribution in [3.05, 3.63) is 108 Å². The lowest BCUT2D eigenvalue weighted by atomic mass is 9.91. The van der Waals surface area contributed by atoms with E-state index >= 15 is 0 Å². The lowest BCUT2D eigenvalue weighted by Crippen LogP contribution is -2.53. The first-order valence-corrected chi connectivity index (χ1v) is 18.0. The van der Waals surface area contributed by atoms with Crippen molar-refractivity contribution in [1.82, 2.24) is 15.5 Å². The molecule has 2 amide bonds. The van der Waals surface area contributed by atoms with Gasteiger partial charge in [0.05, 0.1) is 0 Å². The van der Waals surface area contributed by atoms with E-state index in [4.69, 9.17) is 14.0 Å². The summed E-state index contributed by atoms with van der Waals surface area (Å²) in [5, 5.41) is 5.44. The van der Waals surface area contributed by atoms with E-state index in [1.807, 2.05) is 95.9 Å². The molecule has 1 aliphatic rings. The molecule has 2 unspecified atom stereocenters. The van der Waals surface area contributed by atoms with Crippen molar-refractivity contribution in [2.24, 2.45) is 5.92 Å². The van der Waals surface area contributed by atoms with Crippen LogP contribution in [0.1, 0.15) is 49.8 Å². The van der Waals surface area contributed by atoms with E-state index in [0.29, 0.717) is 32.6 Å². The molecule has 3 aromatic carbocycles. The van der Waals surface area contributed by atoms with Gasteiger partial charge >= 0.3 is 19.7 Å². The van der Waals surface area contributed by atoms with Crippen LogP contribution in [0.3, 0.4) is 0 Å². The SMILES string of the molecule is CC(C)C(NC(=O)CCc1ccccc1)P(=O)(O)OC1(C(=O)OCc2ccccc2)CCN(CCNC(=O)OCc2ccccc2)CC1. The van der Waals surface area contributed by atoms with Gasteiger partial charge in [0.2, 0.25) is 5.91 Å². The molecule has 0 radical (unpaired) electrons. The van der Waals surface area contributed by atoms with Gasteiger partial charge in [-0.05, 0) is 29.0 Å². The molecule has 1 saturated heterocycles. The molecule has 3 N–H and O–H groups in total. The molecule has 3 aromatic rings. The molecule has 1 heterocycles. The Morgan fingerprint density at radius 1 is 0.833 bits per heavy atom. The smallest absolute Gasteiger partial charge is 0.407 e. The third kappa shape index (κ3) is 11.3. The minimum atomic E-state index is -4.60. The van der Waals surface area contributed by atoms with Crippen LogP contribution in [-0.4, -0.2) is 65.3 Å². The lowest BCUT2D eigenvalue weighted by Gasteiger charge is -2.41. The summed E-state index contributed by atoms with van der Waals surface area (Å²) in [6, 6.07) is 28.0. The standard InChI is InChI=1S/C36H46N3O8P/c1-28(2)33(38-32(40)19-18-29-12-6-3-7-13-29)48(43,44)47-36(34(41)45-26-30-14-8-4-9-15-30)20-23-39(24-21-36)25-22-37-35(42)46-27-31-16-10-5-11-17-31/h3-17,28,33H,18-27H2,1-2H3,(H,37,42)(H,38,40)(H,43,44). The predicted octanol–water partition coefficient (Wildman–Crippen LogP) is 5.42. The molecular formula is C36H46N3O8P. The number of nitrogens with zero attached hydrogens (tertiary/aromatic N) is 1. The maximum atomic E-state index is 13.9. The van der Waals surface area contributed by atoms with Crippen molar-refractivity contribution in [3.8, 4) is 0 Å². The number of aryl methyl sites for hydroxylation is 1. The number of rotatable bonds is 16. The number of carbonyl (C=O) groups excluding carboxylic acids is 3. The number of carbonyl (C=O) groups is 3. The zero-order chi connectivity index (χ0) is 34.4. The van der Waals surface area contributed by atoms with Crippen LogP contribution in [0, 0.1) is 5.92 Å². The molecule has 48 heavy (non-hydrogen) atoms. The molecule has 0 aliphatic carbocycles. The summed E-state index contributed by atoms with van der Waals surface area (Å²) in [6.45, 7) is 5.04. The highest BCUT2D eigenvalue weighted by atomic mass is 31.2. The van der Waals surface area contributed by atoms with E-state index in [2.05, 4.69) is 10.6 Å². The zero-order valence-electron chi connectivity index (χ0n) is 27.6. The fourth-order valence-corrected chi connectivity index (χ4v) is 7.42. The van der Waals surface area contributed by atoms with Gasteiger partial charge in [0, 0.05) is 45.4 Å². The van der Waals surface area contributed by atoms with E-state index in [0.717, 1.165) is 16.7 Å². The Balaban J connectivity index is 1.37. The minimum absolute atomic E-state index is 0.0247. The molecule has 0 spiro atoms. The average molecular weight is 680 g/mol. The van der Waals surface area contributed by atoms with Gasteiger partial charge in [0.25, 0.3) is 0 Å². The topological polar surface area (TPSA) is 144 Å². The van der Waals surface area contributed by atoms with Gasteiger partial charge < -0.3 is 29.9 Å². The Hall–Kier alpha value is -4.02. The summed E-state index contributed by atoms with van der Waals surface area (Å²) in [4.78, 5) is 52.2. The molecule has 11 nitrogen and oxygen atoms in total. The maximum Gasteiger partial charge on any atom is 0.407 e. The van der Waals surface area contributed by atoms with Crippen molar-refractivity contribution in [1.29, 1.82) is 0 Å². The van der Waals surface area contributed by atoms with Gasteiger partial charge in [-0.15, -0.1) is 0 Å². The number of likely N-dealkylation sites (tertiary alicyclic amines) is 1. The highest BCUT2D eigenvalue weighted by Gasteiger charge is 2.51. The van der Waals surface area contributed by atoms with Gasteiger partial charge in [-0.1, -0.05) is 105 Å². The van der Waals surface area contributed by atoms with Gasteiger partial charge in [-0.3, -0.25) is 13.9 Å². The van der Waals surface area contributed by atoms with Crippen molar-refractivity contribution in [2.75, 3.05) is 26.2 Å². The highest BCUT2D eigenvalue weighted by molar-refractivity contribution is 7.53. The molecule has 258 valence electrons. The number of hydrogen-bond acceptors (Lipinski definition) is 8. The second-order valence-corrected chi connectivity index (χ2v) is 14.2. The van der Waals surface area contributed by atoms with Crippen LogP contribution in [0.25, 0.3) is 0 Å². The monoisotopic (exact) mass is 679 g/mol. The fourth-order valence-electron chi connectivity index (χ4n) is 5.49. The summed E-state index contributed by atoms with van der Waals surface area (Å²) in [6.07, 6.45) is 0.219. The number of amides is 2. The largest absolute Gasteiger partial charge is 0.459 e. The van der Waals surface area contributed by atoms with Crippen LogP contribution < -0.4 is 10.6 Å². The third-order valence-corrected chi connectivity index (χ3v) is 10.3. The Morgan fingerprint density at radius 3 is 1.90 bits per heavy atom. The van der Waals surface area contributed by atoms with Crippen molar-refractivity contribution >= 4 is 25.6 Å². The molecule has 0 bridgehead atoms. The van der Waals surface area contributed by atoms with E-state index < -0.39 is 37.0 Å². The number of benzene rings is 3. The zero-order valence-corrected chi connectivity index (χ0v) is 28.5. The fraction of sp³-hybridized carbons (Fsp3) is 0.417. The first kappa shape index (κ1) is 36.8. The number of piperidine rings is 1. The second kappa shape index (κ2) is 17.9. The number of nitrogens with one attached hydrogen (secondary N) is 2. The van der Waals surface area contributed by atoms with Crippen LogP contribution in [-0.2, 0) is 47.8 Å². The van der Waals surface area contributed by atoms with Crippen LogP contribution in [0.4, 0.5) is 4.79 Å². The number of alkyl carbamates (subject to hydrolysis) is 1. The molecule has 0 saturated carbocycles. The highest BCUT2D eigenvalue weighted by Crippen LogP contribution is 2.54. The Kier molecular flexibility index (Phi) is 13.8. The first-order chi connectivity index (χ1) is 23.1. The quantitative estimate of drug-likeness (QED) is 0.134. The van der Waals surface area contributed by atoms with Crippen LogP contribution >= 0.6 is 7.60 Å². The molecular weight excluding hydrogens is 633 g/mol. The molecule has 12 heteroatoms. The normalized spacial score (nSPS) is 16.3. The second-order valence-electron chi connectivity index (χ2n) is 12.3. The Morgan fingerprint density at radius 2 is 1.35 bits per heavy atom. The lowest BCUT2D eigenvalue weighted by molar-refractivity contribution is -0.169. The van der Waals surface area contributed by atoms with E-state index in [1.165, 1.54) is 0 Å². The van der Waals surface area contributed by atoms with Crippen LogP contribution in [0.2, 0.25) is 0 Å². The molecule has 0 aromatic heterocycles. The summed E-state index contributed by atoms with van der Waals surface area (Å²) in [5.41, 5.74) is 0.913. The van der Waals surface area contributed by atoms with Gasteiger partial charge in [0.1, 0.15) is 19.0 Å². The van der Waals surface area contributed by atoms with Gasteiger partial charge in [-0.2, -0.15) is 0 Å². The third-order valence-electron chi connectivity index (χ3n) is 8.24. The summed E-state index contributed by atoms with van der Waals surface area (Å²) in [7, 11) is -4.60. The average Bonchev–Trinajstić information content (AvgIpc) is 3.09. The molecule has 4 rings (SSSR count). The number of esters is 1. The van der Waals surface area contributed by atoms with Crippen molar-refractivity contribution in [2.45, 2.75) is 64.1 Å².